The Bertz CT molecular complexity index is 1130. The van der Waals surface area contributed by atoms with Crippen LogP contribution in [0.4, 0.5) is 5.13 Å². The van der Waals surface area contributed by atoms with Crippen molar-refractivity contribution < 1.29 is 19.0 Å². The lowest BCUT2D eigenvalue weighted by atomic mass is 10.0. The van der Waals surface area contributed by atoms with Crippen molar-refractivity contribution in [2.45, 2.75) is 26.4 Å². The van der Waals surface area contributed by atoms with E-state index >= 15 is 0 Å². The predicted molar refractivity (Wildman–Crippen MR) is 121 cm³/mol. The van der Waals surface area contributed by atoms with Gasteiger partial charge in [-0.05, 0) is 43.7 Å². The number of hydrogen-bond donors (Lipinski definition) is 1. The van der Waals surface area contributed by atoms with Gasteiger partial charge in [-0.15, -0.1) is 5.10 Å². The number of aromatic nitrogens is 4. The van der Waals surface area contributed by atoms with E-state index in [1.54, 1.807) is 12.1 Å². The fraction of sp³-hybridized carbons (Fsp3) is 0.381. The molecule has 32 heavy (non-hydrogen) atoms. The number of methoxy groups -OCH3 is 1. The molecular formula is C21H22ClN5O4S. The first-order valence-corrected chi connectivity index (χ1v) is 11.2. The number of carbonyl (C=O) groups excluding carboxylic acids is 1. The van der Waals surface area contributed by atoms with Crippen LogP contribution < -0.4 is 14.8 Å². The summed E-state index contributed by atoms with van der Waals surface area (Å²) in [5, 5.41) is 11.8. The number of aryl methyl sites for hydroxylation is 1. The largest absolute Gasteiger partial charge is 0.494 e. The molecule has 1 aliphatic heterocycles. The van der Waals surface area contributed by atoms with E-state index in [0.29, 0.717) is 51.9 Å². The van der Waals surface area contributed by atoms with Crippen LogP contribution in [0.15, 0.2) is 24.5 Å². The maximum Gasteiger partial charge on any atom is 0.295 e. The Morgan fingerprint density at radius 2 is 2.12 bits per heavy atom. The fourth-order valence-electron chi connectivity index (χ4n) is 3.45. The summed E-state index contributed by atoms with van der Waals surface area (Å²) in [6, 6.07) is 3.44. The van der Waals surface area contributed by atoms with Crippen LogP contribution in [0.5, 0.6) is 10.9 Å². The summed E-state index contributed by atoms with van der Waals surface area (Å²) in [6.07, 6.45) is 4.22. The average molecular weight is 476 g/mol. The van der Waals surface area contributed by atoms with Gasteiger partial charge in [0.25, 0.3) is 11.1 Å². The number of anilines is 1. The second kappa shape index (κ2) is 9.76. The molecule has 0 radical (unpaired) electrons. The van der Waals surface area contributed by atoms with E-state index < -0.39 is 0 Å². The van der Waals surface area contributed by atoms with E-state index in [4.69, 9.17) is 25.8 Å². The highest BCUT2D eigenvalue weighted by molar-refractivity contribution is 7.17. The number of amides is 1. The van der Waals surface area contributed by atoms with Crippen LogP contribution in [0.2, 0.25) is 5.15 Å². The van der Waals surface area contributed by atoms with Gasteiger partial charge in [-0.2, -0.15) is 0 Å². The van der Waals surface area contributed by atoms with Crippen LogP contribution >= 0.6 is 22.9 Å². The SMILES string of the molecule is COc1cnc(Cl)cc1-c1cc(C)ncc1C(=O)Nc1nnc(OC[C@H]2CO[C@@H](C)C2)s1. The highest BCUT2D eigenvalue weighted by Gasteiger charge is 2.23. The number of nitrogens with zero attached hydrogens (tertiary/aromatic N) is 4. The van der Waals surface area contributed by atoms with Gasteiger partial charge in [-0.25, -0.2) is 4.98 Å². The van der Waals surface area contributed by atoms with Crippen LogP contribution in [0, 0.1) is 12.8 Å². The van der Waals surface area contributed by atoms with E-state index in [9.17, 15) is 4.79 Å². The molecule has 0 bridgehead atoms. The monoisotopic (exact) mass is 475 g/mol. The van der Waals surface area contributed by atoms with Gasteiger partial charge in [0.15, 0.2) is 0 Å². The second-order valence-corrected chi connectivity index (χ2v) is 8.79. The van der Waals surface area contributed by atoms with Gasteiger partial charge in [-0.1, -0.05) is 16.7 Å². The Balaban J connectivity index is 1.51. The standard InChI is InChI=1S/C21H22ClN5O4S/c1-11-4-14(15-6-18(22)24-8-17(15)29-3)16(7-23-11)19(28)25-20-26-27-21(32-20)31-10-13-5-12(2)30-9-13/h4,6-8,12-13H,5,9-10H2,1-3H3,(H,25,26,28)/t12-,13+/m0/s1. The predicted octanol–water partition coefficient (Wildman–Crippen LogP) is 4.02. The van der Waals surface area contributed by atoms with Crippen LogP contribution in [-0.2, 0) is 4.74 Å². The molecule has 0 unspecified atom stereocenters. The topological polar surface area (TPSA) is 108 Å². The molecule has 1 amide bonds. The van der Waals surface area contributed by atoms with E-state index in [-0.39, 0.29) is 17.2 Å². The quantitative estimate of drug-likeness (QED) is 0.510. The van der Waals surface area contributed by atoms with Crippen molar-refractivity contribution in [3.8, 4) is 22.1 Å². The van der Waals surface area contributed by atoms with E-state index in [0.717, 1.165) is 23.5 Å². The van der Waals surface area contributed by atoms with E-state index in [1.807, 2.05) is 13.8 Å². The number of rotatable bonds is 7. The summed E-state index contributed by atoms with van der Waals surface area (Å²) in [4.78, 5) is 21.4. The molecule has 4 rings (SSSR count). The molecule has 0 saturated carbocycles. The molecule has 1 aliphatic rings. The Hall–Kier alpha value is -2.82. The van der Waals surface area contributed by atoms with Crippen molar-refractivity contribution in [3.63, 3.8) is 0 Å². The summed E-state index contributed by atoms with van der Waals surface area (Å²) in [5.41, 5.74) is 2.33. The molecule has 0 aliphatic carbocycles. The third-order valence-corrected chi connectivity index (χ3v) is 5.94. The molecule has 3 aromatic heterocycles. The molecule has 11 heteroatoms. The van der Waals surface area contributed by atoms with Crippen LogP contribution in [0.3, 0.4) is 0 Å². The summed E-state index contributed by atoms with van der Waals surface area (Å²) >= 11 is 7.25. The minimum atomic E-state index is -0.386. The summed E-state index contributed by atoms with van der Waals surface area (Å²) in [6.45, 7) is 5.06. The first-order valence-electron chi connectivity index (χ1n) is 9.98. The van der Waals surface area contributed by atoms with Crippen molar-refractivity contribution >= 4 is 34.0 Å². The molecule has 1 saturated heterocycles. The minimum Gasteiger partial charge on any atom is -0.494 e. The highest BCUT2D eigenvalue weighted by Crippen LogP contribution is 2.34. The van der Waals surface area contributed by atoms with Gasteiger partial charge in [0, 0.05) is 28.9 Å². The Morgan fingerprint density at radius 3 is 2.88 bits per heavy atom. The summed E-state index contributed by atoms with van der Waals surface area (Å²) in [5.74, 6) is 0.435. The van der Waals surface area contributed by atoms with E-state index in [1.165, 1.54) is 19.5 Å². The number of halogens is 1. The smallest absolute Gasteiger partial charge is 0.295 e. The Kier molecular flexibility index (Phi) is 6.83. The number of carbonyl (C=O) groups is 1. The zero-order valence-electron chi connectivity index (χ0n) is 17.8. The normalized spacial score (nSPS) is 17.9. The lowest BCUT2D eigenvalue weighted by molar-refractivity contribution is 0.102. The van der Waals surface area contributed by atoms with Crippen molar-refractivity contribution in [1.82, 2.24) is 20.2 Å². The average Bonchev–Trinajstić information content (AvgIpc) is 3.40. The zero-order chi connectivity index (χ0) is 22.7. The van der Waals surface area contributed by atoms with Crippen LogP contribution in [0.25, 0.3) is 11.1 Å². The molecule has 1 fully saturated rings. The maximum atomic E-state index is 13.1. The molecule has 168 valence electrons. The molecule has 4 heterocycles. The lowest BCUT2D eigenvalue weighted by Gasteiger charge is -2.13. The third-order valence-electron chi connectivity index (χ3n) is 4.98. The molecule has 2 atom stereocenters. The number of nitrogens with one attached hydrogen (secondary N) is 1. The molecular weight excluding hydrogens is 454 g/mol. The first kappa shape index (κ1) is 22.4. The van der Waals surface area contributed by atoms with Crippen molar-refractivity contribution in [2.24, 2.45) is 5.92 Å². The van der Waals surface area contributed by atoms with Crippen molar-refractivity contribution in [3.05, 3.63) is 40.9 Å². The van der Waals surface area contributed by atoms with Gasteiger partial charge < -0.3 is 14.2 Å². The van der Waals surface area contributed by atoms with Gasteiger partial charge in [0.1, 0.15) is 10.9 Å². The molecule has 0 aromatic carbocycles. The molecule has 3 aromatic rings. The first-order chi connectivity index (χ1) is 15.4. The number of ether oxygens (including phenoxy) is 3. The Labute approximate surface area is 194 Å². The third kappa shape index (κ3) is 5.14. The summed E-state index contributed by atoms with van der Waals surface area (Å²) in [7, 11) is 1.53. The molecule has 1 N–H and O–H groups in total. The summed E-state index contributed by atoms with van der Waals surface area (Å²) < 4.78 is 16.7. The van der Waals surface area contributed by atoms with E-state index in [2.05, 4.69) is 25.5 Å². The molecule has 0 spiro atoms. The zero-order valence-corrected chi connectivity index (χ0v) is 19.4. The van der Waals surface area contributed by atoms with Crippen LogP contribution in [-0.4, -0.2) is 52.5 Å². The second-order valence-electron chi connectivity index (χ2n) is 7.46. The maximum absolute atomic E-state index is 13.1. The van der Waals surface area contributed by atoms with Crippen molar-refractivity contribution in [2.75, 3.05) is 25.6 Å². The highest BCUT2D eigenvalue weighted by atomic mass is 35.5. The van der Waals surface area contributed by atoms with Gasteiger partial charge >= 0.3 is 0 Å². The number of hydrogen-bond acceptors (Lipinski definition) is 9. The van der Waals surface area contributed by atoms with Crippen LogP contribution in [0.1, 0.15) is 29.4 Å². The van der Waals surface area contributed by atoms with Gasteiger partial charge in [0.2, 0.25) is 5.13 Å². The van der Waals surface area contributed by atoms with Crippen molar-refractivity contribution in [1.29, 1.82) is 0 Å². The van der Waals surface area contributed by atoms with Gasteiger partial charge in [0.05, 0.1) is 38.2 Å². The Morgan fingerprint density at radius 1 is 1.28 bits per heavy atom. The fourth-order valence-corrected chi connectivity index (χ4v) is 4.21. The lowest BCUT2D eigenvalue weighted by Crippen LogP contribution is -2.14. The molecule has 9 nitrogen and oxygen atoms in total. The van der Waals surface area contributed by atoms with Gasteiger partial charge in [-0.3, -0.25) is 15.1 Å². The minimum absolute atomic E-state index is 0.249. The number of pyridine rings is 2.